The molecule has 250 valence electrons. The summed E-state index contributed by atoms with van der Waals surface area (Å²) in [6.07, 6.45) is 18.8. The normalized spacial score (nSPS) is 12.3. The predicted molar refractivity (Wildman–Crippen MR) is 165 cm³/mol. The van der Waals surface area contributed by atoms with Crippen molar-refractivity contribution in [1.82, 2.24) is 5.32 Å². The summed E-state index contributed by atoms with van der Waals surface area (Å²) < 4.78 is 16.0. The average Bonchev–Trinajstić information content (AvgIpc) is 2.95. The zero-order valence-corrected chi connectivity index (χ0v) is 27.1. The molecule has 0 aliphatic heterocycles. The Balaban J connectivity index is 4.66. The first kappa shape index (κ1) is 40.4. The van der Waals surface area contributed by atoms with E-state index in [4.69, 9.17) is 19.3 Å². The van der Waals surface area contributed by atoms with Gasteiger partial charge in [-0.25, -0.2) is 4.79 Å². The molecule has 0 aromatic rings. The molecular formula is C33H59NO9. The number of rotatable bonds is 29. The van der Waals surface area contributed by atoms with Gasteiger partial charge in [0.15, 0.2) is 6.10 Å². The van der Waals surface area contributed by atoms with Crippen LogP contribution in [0.1, 0.15) is 156 Å². The lowest BCUT2D eigenvalue weighted by atomic mass is 10.1. The summed E-state index contributed by atoms with van der Waals surface area (Å²) in [6.45, 7) is 4.84. The molecule has 1 amide bonds. The summed E-state index contributed by atoms with van der Waals surface area (Å²) in [7, 11) is 0. The number of nitrogens with one attached hydrogen (secondary N) is 1. The first-order valence-electron chi connectivity index (χ1n) is 16.7. The molecule has 43 heavy (non-hydrogen) atoms. The molecule has 10 nitrogen and oxygen atoms in total. The molecule has 0 aliphatic carbocycles. The molecule has 0 rings (SSSR count). The molecule has 0 aromatic carbocycles. The van der Waals surface area contributed by atoms with Crippen LogP contribution in [0, 0.1) is 0 Å². The second kappa shape index (κ2) is 28.1. The maximum absolute atomic E-state index is 12.5. The highest BCUT2D eigenvalue weighted by Gasteiger charge is 2.26. The van der Waals surface area contributed by atoms with Crippen molar-refractivity contribution in [3.63, 3.8) is 0 Å². The fraction of sp³-hybridized carbons (Fsp3) is 0.848. The van der Waals surface area contributed by atoms with Gasteiger partial charge in [-0.3, -0.25) is 19.2 Å². The molecule has 2 N–H and O–H groups in total. The molecule has 0 saturated heterocycles. The minimum Gasteiger partial charge on any atom is -0.481 e. The van der Waals surface area contributed by atoms with Gasteiger partial charge in [0.1, 0.15) is 19.3 Å². The van der Waals surface area contributed by atoms with Gasteiger partial charge in [-0.1, -0.05) is 117 Å². The highest BCUT2D eigenvalue weighted by molar-refractivity contribution is 5.86. The van der Waals surface area contributed by atoms with E-state index >= 15 is 0 Å². The molecule has 0 radical (unpaired) electrons. The van der Waals surface area contributed by atoms with Crippen LogP contribution in [-0.4, -0.2) is 60.3 Å². The van der Waals surface area contributed by atoms with E-state index in [0.29, 0.717) is 12.8 Å². The molecule has 0 unspecified atom stereocenters. The van der Waals surface area contributed by atoms with E-state index in [-0.39, 0.29) is 19.4 Å². The van der Waals surface area contributed by atoms with Crippen molar-refractivity contribution >= 4 is 29.8 Å². The molecule has 0 heterocycles. The van der Waals surface area contributed by atoms with E-state index in [1.165, 1.54) is 64.2 Å². The average molecular weight is 614 g/mol. The third-order valence-electron chi connectivity index (χ3n) is 7.15. The van der Waals surface area contributed by atoms with Crippen LogP contribution < -0.4 is 5.32 Å². The van der Waals surface area contributed by atoms with Crippen molar-refractivity contribution in [2.24, 2.45) is 0 Å². The molecule has 10 heteroatoms. The SMILES string of the molecule is CCCCCCCCCCCC(=O)OC[C@H](COC(=O)[C@H](CC(=O)O)NC(C)=O)OC(=O)CCCCCCCCCCC. The Kier molecular flexibility index (Phi) is 26.4. The molecule has 0 bridgehead atoms. The second-order valence-corrected chi connectivity index (χ2v) is 11.4. The summed E-state index contributed by atoms with van der Waals surface area (Å²) >= 11 is 0. The monoisotopic (exact) mass is 613 g/mol. The maximum atomic E-state index is 12.5. The third kappa shape index (κ3) is 26.7. The van der Waals surface area contributed by atoms with Crippen LogP contribution in [0.25, 0.3) is 0 Å². The van der Waals surface area contributed by atoms with E-state index in [2.05, 4.69) is 19.2 Å². The Morgan fingerprint density at radius 1 is 0.605 bits per heavy atom. The van der Waals surface area contributed by atoms with Crippen LogP contribution in [-0.2, 0) is 38.2 Å². The summed E-state index contributed by atoms with van der Waals surface area (Å²) in [5.74, 6) is -3.75. The van der Waals surface area contributed by atoms with Gasteiger partial charge >= 0.3 is 23.9 Å². The van der Waals surface area contributed by atoms with E-state index in [9.17, 15) is 24.0 Å². The molecule has 0 spiro atoms. The third-order valence-corrected chi connectivity index (χ3v) is 7.15. The molecule has 0 aliphatic rings. The van der Waals surface area contributed by atoms with Gasteiger partial charge < -0.3 is 24.6 Å². The van der Waals surface area contributed by atoms with Crippen LogP contribution >= 0.6 is 0 Å². The number of carbonyl (C=O) groups is 5. The smallest absolute Gasteiger partial charge is 0.329 e. The topological polar surface area (TPSA) is 145 Å². The van der Waals surface area contributed by atoms with E-state index < -0.39 is 55.0 Å². The van der Waals surface area contributed by atoms with E-state index in [0.717, 1.165) is 45.4 Å². The summed E-state index contributed by atoms with van der Waals surface area (Å²) in [5.41, 5.74) is 0. The number of aliphatic carboxylic acids is 1. The van der Waals surface area contributed by atoms with Gasteiger partial charge in [-0.15, -0.1) is 0 Å². The van der Waals surface area contributed by atoms with Crippen LogP contribution in [0.3, 0.4) is 0 Å². The lowest BCUT2D eigenvalue weighted by Gasteiger charge is -2.20. The van der Waals surface area contributed by atoms with Crippen molar-refractivity contribution in [3.8, 4) is 0 Å². The van der Waals surface area contributed by atoms with Crippen LogP contribution in [0.15, 0.2) is 0 Å². The lowest BCUT2D eigenvalue weighted by Crippen LogP contribution is -2.43. The molecule has 0 fully saturated rings. The zero-order chi connectivity index (χ0) is 32.1. The van der Waals surface area contributed by atoms with Gasteiger partial charge in [0.05, 0.1) is 6.42 Å². The largest absolute Gasteiger partial charge is 0.481 e. The molecule has 0 saturated carbocycles. The first-order valence-corrected chi connectivity index (χ1v) is 16.7. The van der Waals surface area contributed by atoms with Gasteiger partial charge in [-0.2, -0.15) is 0 Å². The standard InChI is InChI=1S/C33H59NO9/c1-4-6-8-10-12-14-16-18-20-22-31(38)41-25-28(26-42-33(40)29(24-30(36)37)34-27(3)35)43-32(39)23-21-19-17-15-13-11-9-7-5-2/h28-29H,4-26H2,1-3H3,(H,34,35)(H,36,37)/t28-,29+/m1/s1. The van der Waals surface area contributed by atoms with Crippen molar-refractivity contribution in [2.75, 3.05) is 13.2 Å². The Morgan fingerprint density at radius 2 is 1.02 bits per heavy atom. The van der Waals surface area contributed by atoms with Gasteiger partial charge in [-0.05, 0) is 12.8 Å². The van der Waals surface area contributed by atoms with Crippen LogP contribution in [0.5, 0.6) is 0 Å². The Morgan fingerprint density at radius 3 is 1.47 bits per heavy atom. The number of unbranched alkanes of at least 4 members (excludes halogenated alkanes) is 16. The minimum absolute atomic E-state index is 0.195. The Hall–Kier alpha value is -2.65. The van der Waals surface area contributed by atoms with Gasteiger partial charge in [0, 0.05) is 19.8 Å². The number of hydrogen-bond acceptors (Lipinski definition) is 8. The summed E-state index contributed by atoms with van der Waals surface area (Å²) in [6, 6.07) is -1.39. The number of carboxylic acids is 1. The van der Waals surface area contributed by atoms with E-state index in [1.807, 2.05) is 0 Å². The van der Waals surface area contributed by atoms with Crippen molar-refractivity contribution < 1.29 is 43.3 Å². The van der Waals surface area contributed by atoms with Crippen molar-refractivity contribution in [2.45, 2.75) is 168 Å². The van der Waals surface area contributed by atoms with Crippen molar-refractivity contribution in [3.05, 3.63) is 0 Å². The fourth-order valence-corrected chi connectivity index (χ4v) is 4.67. The van der Waals surface area contributed by atoms with Crippen LogP contribution in [0.4, 0.5) is 0 Å². The second-order valence-electron chi connectivity index (χ2n) is 11.4. The molecular weight excluding hydrogens is 554 g/mol. The molecule has 2 atom stereocenters. The summed E-state index contributed by atoms with van der Waals surface area (Å²) in [5, 5.41) is 11.3. The fourth-order valence-electron chi connectivity index (χ4n) is 4.67. The molecule has 0 aromatic heterocycles. The highest BCUT2D eigenvalue weighted by Crippen LogP contribution is 2.13. The number of carbonyl (C=O) groups excluding carboxylic acids is 4. The highest BCUT2D eigenvalue weighted by atomic mass is 16.6. The van der Waals surface area contributed by atoms with Crippen LogP contribution in [0.2, 0.25) is 0 Å². The first-order chi connectivity index (χ1) is 20.7. The van der Waals surface area contributed by atoms with Gasteiger partial charge in [0.25, 0.3) is 0 Å². The zero-order valence-electron chi connectivity index (χ0n) is 27.1. The quantitative estimate of drug-likeness (QED) is 0.0528. The Bertz CT molecular complexity index is 755. The number of amides is 1. The van der Waals surface area contributed by atoms with E-state index in [1.54, 1.807) is 0 Å². The number of ether oxygens (including phenoxy) is 3. The van der Waals surface area contributed by atoms with Gasteiger partial charge in [0.2, 0.25) is 5.91 Å². The number of esters is 3. The maximum Gasteiger partial charge on any atom is 0.329 e. The minimum atomic E-state index is -1.39. The van der Waals surface area contributed by atoms with Crippen molar-refractivity contribution in [1.29, 1.82) is 0 Å². The lowest BCUT2D eigenvalue weighted by molar-refractivity contribution is -0.168. The predicted octanol–water partition coefficient (Wildman–Crippen LogP) is 6.81. The summed E-state index contributed by atoms with van der Waals surface area (Å²) in [4.78, 5) is 59.7. The number of carboxylic acid groups (broad SMARTS) is 1. The Labute approximate surface area is 259 Å². The number of hydrogen-bond donors (Lipinski definition) is 2.